The first-order valence-electron chi connectivity index (χ1n) is 4.54. The molecule has 0 saturated heterocycles. The van der Waals surface area contributed by atoms with Crippen LogP contribution >= 0.6 is 0 Å². The molecule has 0 aliphatic carbocycles. The number of rotatable bonds is 2. The maximum Gasteiger partial charge on any atom is 0.0878 e. The van der Waals surface area contributed by atoms with Crippen molar-refractivity contribution in [2.24, 2.45) is 0 Å². The van der Waals surface area contributed by atoms with Crippen LogP contribution in [0.15, 0.2) is 43.0 Å². The number of allylic oxidation sites excluding steroid dienone is 1. The van der Waals surface area contributed by atoms with Gasteiger partial charge in [0, 0.05) is 0 Å². The summed E-state index contributed by atoms with van der Waals surface area (Å²) in [6.45, 7) is 5.80. The molecule has 1 aromatic carbocycles. The molecule has 0 spiro atoms. The first-order chi connectivity index (χ1) is 6.77. The maximum absolute atomic E-state index is 4.17. The van der Waals surface area contributed by atoms with Gasteiger partial charge in [-0.25, -0.2) is 0 Å². The quantitative estimate of drug-likeness (QED) is 0.763. The third-order valence-corrected chi connectivity index (χ3v) is 2.10. The SMILES string of the molecule is C=C(C)c1cc(-c2ccccc2)[nH]n1. The number of nitrogens with one attached hydrogen (secondary N) is 1. The van der Waals surface area contributed by atoms with E-state index in [1.807, 2.05) is 31.2 Å². The summed E-state index contributed by atoms with van der Waals surface area (Å²) < 4.78 is 0. The van der Waals surface area contributed by atoms with Crippen molar-refractivity contribution in [1.29, 1.82) is 0 Å². The Morgan fingerprint density at radius 3 is 2.57 bits per heavy atom. The Morgan fingerprint density at radius 1 is 1.29 bits per heavy atom. The highest BCUT2D eigenvalue weighted by atomic mass is 15.1. The summed E-state index contributed by atoms with van der Waals surface area (Å²) in [5.41, 5.74) is 4.07. The van der Waals surface area contributed by atoms with E-state index in [4.69, 9.17) is 0 Å². The van der Waals surface area contributed by atoms with Gasteiger partial charge in [-0.3, -0.25) is 5.10 Å². The third-order valence-electron chi connectivity index (χ3n) is 2.10. The summed E-state index contributed by atoms with van der Waals surface area (Å²) in [4.78, 5) is 0. The average molecular weight is 184 g/mol. The van der Waals surface area contributed by atoms with Gasteiger partial charge in [0.05, 0.1) is 11.4 Å². The van der Waals surface area contributed by atoms with Gasteiger partial charge in [0.2, 0.25) is 0 Å². The van der Waals surface area contributed by atoms with Crippen molar-refractivity contribution in [3.8, 4) is 11.3 Å². The van der Waals surface area contributed by atoms with E-state index in [0.717, 1.165) is 22.5 Å². The van der Waals surface area contributed by atoms with Gasteiger partial charge in [-0.1, -0.05) is 36.9 Å². The highest BCUT2D eigenvalue weighted by Gasteiger charge is 2.02. The van der Waals surface area contributed by atoms with Crippen LogP contribution < -0.4 is 0 Å². The van der Waals surface area contributed by atoms with Gasteiger partial charge in [-0.15, -0.1) is 0 Å². The van der Waals surface area contributed by atoms with Crippen molar-refractivity contribution in [3.05, 3.63) is 48.7 Å². The lowest BCUT2D eigenvalue weighted by molar-refractivity contribution is 1.08. The molecule has 0 radical (unpaired) electrons. The van der Waals surface area contributed by atoms with Crippen molar-refractivity contribution < 1.29 is 0 Å². The molecular weight excluding hydrogens is 172 g/mol. The summed E-state index contributed by atoms with van der Waals surface area (Å²) in [6, 6.07) is 12.1. The lowest BCUT2D eigenvalue weighted by atomic mass is 10.1. The number of hydrogen-bond donors (Lipinski definition) is 1. The zero-order valence-corrected chi connectivity index (χ0v) is 8.12. The van der Waals surface area contributed by atoms with Crippen LogP contribution in [0, 0.1) is 0 Å². The van der Waals surface area contributed by atoms with Crippen LogP contribution in [0.3, 0.4) is 0 Å². The molecule has 0 bridgehead atoms. The molecule has 2 aromatic rings. The lowest BCUT2D eigenvalue weighted by Crippen LogP contribution is -1.76. The predicted octanol–water partition coefficient (Wildman–Crippen LogP) is 3.11. The largest absolute Gasteiger partial charge is 0.277 e. The Morgan fingerprint density at radius 2 is 2.00 bits per heavy atom. The second-order valence-corrected chi connectivity index (χ2v) is 3.31. The molecule has 0 fully saturated rings. The molecule has 14 heavy (non-hydrogen) atoms. The van der Waals surface area contributed by atoms with Crippen LogP contribution in [-0.4, -0.2) is 10.2 Å². The Bertz CT molecular complexity index is 440. The zero-order chi connectivity index (χ0) is 9.97. The third kappa shape index (κ3) is 1.59. The fraction of sp³-hybridized carbons (Fsp3) is 0.0833. The topological polar surface area (TPSA) is 28.7 Å². The fourth-order valence-electron chi connectivity index (χ4n) is 1.31. The summed E-state index contributed by atoms with van der Waals surface area (Å²) >= 11 is 0. The fourth-order valence-corrected chi connectivity index (χ4v) is 1.31. The van der Waals surface area contributed by atoms with Crippen molar-refractivity contribution in [1.82, 2.24) is 10.2 Å². The van der Waals surface area contributed by atoms with Crippen LogP contribution in [0.2, 0.25) is 0 Å². The van der Waals surface area contributed by atoms with Gasteiger partial charge in [0.1, 0.15) is 0 Å². The summed E-state index contributed by atoms with van der Waals surface area (Å²) in [6.07, 6.45) is 0. The first-order valence-corrected chi connectivity index (χ1v) is 4.54. The van der Waals surface area contributed by atoms with Crippen molar-refractivity contribution in [2.75, 3.05) is 0 Å². The van der Waals surface area contributed by atoms with Gasteiger partial charge < -0.3 is 0 Å². The molecule has 2 nitrogen and oxygen atoms in total. The normalized spacial score (nSPS) is 10.1. The molecule has 0 aliphatic rings. The highest BCUT2D eigenvalue weighted by molar-refractivity contribution is 5.66. The van der Waals surface area contributed by atoms with Crippen LogP contribution in [0.1, 0.15) is 12.6 Å². The molecule has 1 heterocycles. The molecule has 70 valence electrons. The van der Waals surface area contributed by atoms with E-state index in [-0.39, 0.29) is 0 Å². The Labute approximate surface area is 83.3 Å². The van der Waals surface area contributed by atoms with Gasteiger partial charge in [-0.05, 0) is 24.1 Å². The Hall–Kier alpha value is -1.83. The summed E-state index contributed by atoms with van der Waals surface area (Å²) in [5, 5.41) is 7.16. The van der Waals surface area contributed by atoms with E-state index in [2.05, 4.69) is 28.9 Å². The molecule has 1 N–H and O–H groups in total. The zero-order valence-electron chi connectivity index (χ0n) is 8.12. The minimum Gasteiger partial charge on any atom is -0.277 e. The second kappa shape index (κ2) is 3.50. The summed E-state index contributed by atoms with van der Waals surface area (Å²) in [5.74, 6) is 0. The molecule has 2 rings (SSSR count). The summed E-state index contributed by atoms with van der Waals surface area (Å²) in [7, 11) is 0. The minimum atomic E-state index is 0.920. The van der Waals surface area contributed by atoms with Crippen LogP contribution in [-0.2, 0) is 0 Å². The number of aromatic amines is 1. The molecule has 0 aliphatic heterocycles. The predicted molar refractivity (Wildman–Crippen MR) is 58.7 cm³/mol. The second-order valence-electron chi connectivity index (χ2n) is 3.31. The maximum atomic E-state index is 4.17. The minimum absolute atomic E-state index is 0.920. The molecular formula is C12H12N2. The molecule has 0 amide bonds. The van der Waals surface area contributed by atoms with E-state index in [9.17, 15) is 0 Å². The average Bonchev–Trinajstić information content (AvgIpc) is 2.68. The van der Waals surface area contributed by atoms with Crippen LogP contribution in [0.25, 0.3) is 16.8 Å². The molecule has 0 saturated carbocycles. The highest BCUT2D eigenvalue weighted by Crippen LogP contribution is 2.19. The molecule has 1 aromatic heterocycles. The number of H-pyrrole nitrogens is 1. The van der Waals surface area contributed by atoms with Crippen LogP contribution in [0.5, 0.6) is 0 Å². The van der Waals surface area contributed by atoms with Crippen molar-refractivity contribution in [3.63, 3.8) is 0 Å². The van der Waals surface area contributed by atoms with Gasteiger partial charge in [0.15, 0.2) is 0 Å². The number of aromatic nitrogens is 2. The molecule has 0 unspecified atom stereocenters. The van der Waals surface area contributed by atoms with Gasteiger partial charge in [0.25, 0.3) is 0 Å². The molecule has 0 atom stereocenters. The van der Waals surface area contributed by atoms with Crippen LogP contribution in [0.4, 0.5) is 0 Å². The van der Waals surface area contributed by atoms with Crippen molar-refractivity contribution in [2.45, 2.75) is 6.92 Å². The monoisotopic (exact) mass is 184 g/mol. The number of benzene rings is 1. The van der Waals surface area contributed by atoms with Crippen molar-refractivity contribution >= 4 is 5.57 Å². The number of hydrogen-bond acceptors (Lipinski definition) is 1. The van der Waals surface area contributed by atoms with E-state index in [1.165, 1.54) is 0 Å². The lowest BCUT2D eigenvalue weighted by Gasteiger charge is -1.93. The number of nitrogens with zero attached hydrogens (tertiary/aromatic N) is 1. The first kappa shape index (κ1) is 8.75. The van der Waals surface area contributed by atoms with E-state index < -0.39 is 0 Å². The van der Waals surface area contributed by atoms with E-state index >= 15 is 0 Å². The smallest absolute Gasteiger partial charge is 0.0878 e. The standard InChI is InChI=1S/C12H12N2/c1-9(2)11-8-12(14-13-11)10-6-4-3-5-7-10/h3-8H,1H2,2H3,(H,13,14). The van der Waals surface area contributed by atoms with E-state index in [0.29, 0.717) is 0 Å². The van der Waals surface area contributed by atoms with Gasteiger partial charge in [-0.2, -0.15) is 5.10 Å². The molecule has 2 heteroatoms. The van der Waals surface area contributed by atoms with Gasteiger partial charge >= 0.3 is 0 Å². The Balaban J connectivity index is 2.39. The Kier molecular flexibility index (Phi) is 2.19. The van der Waals surface area contributed by atoms with E-state index in [1.54, 1.807) is 0 Å².